The Morgan fingerprint density at radius 3 is 2.26 bits per heavy atom. The molecule has 0 aliphatic carbocycles. The van der Waals surface area contributed by atoms with Crippen molar-refractivity contribution < 1.29 is 14.6 Å². The number of carbonyl (C=O) groups excluding carboxylic acids is 1. The van der Waals surface area contributed by atoms with Gasteiger partial charge in [0.15, 0.2) is 0 Å². The number of benzene rings is 2. The van der Waals surface area contributed by atoms with Crippen molar-refractivity contribution in [3.05, 3.63) is 79.5 Å². The van der Waals surface area contributed by atoms with Crippen molar-refractivity contribution in [2.75, 3.05) is 5.32 Å². The minimum atomic E-state index is -0.604. The lowest BCUT2D eigenvalue weighted by atomic mass is 10.1. The van der Waals surface area contributed by atoms with Gasteiger partial charge in [-0.1, -0.05) is 6.07 Å². The van der Waals surface area contributed by atoms with Gasteiger partial charge in [-0.25, -0.2) is 0 Å². The van der Waals surface area contributed by atoms with Crippen LogP contribution in [0, 0.1) is 20.2 Å². The summed E-state index contributed by atoms with van der Waals surface area (Å²) < 4.78 is 0. The molecule has 8 nitrogen and oxygen atoms in total. The Balaban J connectivity index is 1.97. The zero-order chi connectivity index (χ0) is 16.6. The van der Waals surface area contributed by atoms with Gasteiger partial charge < -0.3 is 5.32 Å². The molecule has 0 spiro atoms. The molecule has 0 atom stereocenters. The molecule has 0 amide bonds. The van der Waals surface area contributed by atoms with E-state index >= 15 is 0 Å². The van der Waals surface area contributed by atoms with Crippen molar-refractivity contribution >= 4 is 28.9 Å². The van der Waals surface area contributed by atoms with E-state index in [-0.39, 0.29) is 22.6 Å². The highest BCUT2D eigenvalue weighted by Crippen LogP contribution is 2.35. The smallest absolute Gasteiger partial charge is 0.282 e. The van der Waals surface area contributed by atoms with Crippen LogP contribution in [-0.2, 0) is 0 Å². The average Bonchev–Trinajstić information content (AvgIpc) is 2.84. The van der Waals surface area contributed by atoms with Crippen LogP contribution in [0.25, 0.3) is 6.08 Å². The highest BCUT2D eigenvalue weighted by molar-refractivity contribution is 6.22. The summed E-state index contributed by atoms with van der Waals surface area (Å²) in [7, 11) is 0. The summed E-state index contributed by atoms with van der Waals surface area (Å²) in [6, 6.07) is 9.98. The second-order valence-electron chi connectivity index (χ2n) is 4.82. The molecule has 0 saturated heterocycles. The predicted molar refractivity (Wildman–Crippen MR) is 82.1 cm³/mol. The first-order chi connectivity index (χ1) is 11.0. The van der Waals surface area contributed by atoms with Gasteiger partial charge in [0.1, 0.15) is 5.56 Å². The van der Waals surface area contributed by atoms with E-state index in [4.69, 9.17) is 0 Å². The molecule has 0 aromatic heterocycles. The largest absolute Gasteiger partial charge is 0.351 e. The van der Waals surface area contributed by atoms with Gasteiger partial charge in [0.2, 0.25) is 5.78 Å². The van der Waals surface area contributed by atoms with E-state index in [1.807, 2.05) is 0 Å². The Morgan fingerprint density at radius 2 is 1.65 bits per heavy atom. The fourth-order valence-corrected chi connectivity index (χ4v) is 2.33. The number of rotatable bonds is 3. The number of hydrogen-bond acceptors (Lipinski definition) is 6. The fraction of sp³-hybridized carbons (Fsp3) is 0. The molecule has 0 radical (unpaired) electrons. The minimum Gasteiger partial charge on any atom is -0.351 e. The number of non-ortho nitro benzene ring substituents is 1. The van der Waals surface area contributed by atoms with Crippen LogP contribution in [0.1, 0.15) is 15.9 Å². The molecule has 1 heterocycles. The summed E-state index contributed by atoms with van der Waals surface area (Å²) in [5.41, 5.74) is 0.831. The van der Waals surface area contributed by atoms with Gasteiger partial charge in [-0.3, -0.25) is 25.0 Å². The second-order valence-corrected chi connectivity index (χ2v) is 4.82. The van der Waals surface area contributed by atoms with Crippen LogP contribution in [0.4, 0.5) is 17.1 Å². The number of nitro benzene ring substituents is 2. The van der Waals surface area contributed by atoms with Crippen molar-refractivity contribution in [1.82, 2.24) is 0 Å². The van der Waals surface area contributed by atoms with Crippen molar-refractivity contribution in [2.45, 2.75) is 0 Å². The van der Waals surface area contributed by atoms with Crippen LogP contribution in [0.3, 0.4) is 0 Å². The number of fused-ring (bicyclic) bond motifs is 1. The Bertz CT molecular complexity index is 871. The van der Waals surface area contributed by atoms with Gasteiger partial charge in [-0.05, 0) is 29.8 Å². The van der Waals surface area contributed by atoms with Gasteiger partial charge in [0.25, 0.3) is 11.4 Å². The van der Waals surface area contributed by atoms with Crippen LogP contribution in [0.15, 0.2) is 48.2 Å². The number of nitro groups is 2. The van der Waals surface area contributed by atoms with Crippen LogP contribution in [-0.4, -0.2) is 15.6 Å². The van der Waals surface area contributed by atoms with Gasteiger partial charge in [0.05, 0.1) is 21.2 Å². The summed E-state index contributed by atoms with van der Waals surface area (Å²) in [4.78, 5) is 32.9. The summed E-state index contributed by atoms with van der Waals surface area (Å²) in [5.74, 6) is -0.481. The molecule has 0 fully saturated rings. The first-order valence-corrected chi connectivity index (χ1v) is 6.52. The molecule has 0 bridgehead atoms. The fourth-order valence-electron chi connectivity index (χ4n) is 2.33. The zero-order valence-electron chi connectivity index (χ0n) is 11.6. The van der Waals surface area contributed by atoms with E-state index in [2.05, 4.69) is 5.32 Å². The van der Waals surface area contributed by atoms with Gasteiger partial charge in [-0.2, -0.15) is 0 Å². The number of allylic oxidation sites excluding steroid dienone is 1. The Hall–Kier alpha value is -3.55. The third-order valence-corrected chi connectivity index (χ3v) is 3.40. The quantitative estimate of drug-likeness (QED) is 0.529. The first kappa shape index (κ1) is 14.4. The number of nitrogens with one attached hydrogen (secondary N) is 1. The topological polar surface area (TPSA) is 115 Å². The molecule has 8 heteroatoms. The summed E-state index contributed by atoms with van der Waals surface area (Å²) in [6.07, 6.45) is 1.50. The van der Waals surface area contributed by atoms with Gasteiger partial charge in [0, 0.05) is 18.2 Å². The molecule has 0 saturated carbocycles. The van der Waals surface area contributed by atoms with E-state index in [9.17, 15) is 25.0 Å². The Kier molecular flexibility index (Phi) is 3.34. The maximum atomic E-state index is 12.4. The number of ketones is 1. The van der Waals surface area contributed by atoms with Crippen molar-refractivity contribution in [3.63, 3.8) is 0 Å². The molecule has 1 aliphatic heterocycles. The number of nitrogens with zero attached hydrogens (tertiary/aromatic N) is 2. The van der Waals surface area contributed by atoms with Crippen molar-refractivity contribution in [2.24, 2.45) is 0 Å². The maximum Gasteiger partial charge on any atom is 0.282 e. The summed E-state index contributed by atoms with van der Waals surface area (Å²) >= 11 is 0. The Labute approximate surface area is 129 Å². The lowest BCUT2D eigenvalue weighted by Crippen LogP contribution is -2.02. The lowest BCUT2D eigenvalue weighted by molar-refractivity contribution is -0.385. The zero-order valence-corrected chi connectivity index (χ0v) is 11.6. The van der Waals surface area contributed by atoms with E-state index in [0.29, 0.717) is 11.3 Å². The molecule has 1 aliphatic rings. The van der Waals surface area contributed by atoms with Crippen LogP contribution < -0.4 is 5.32 Å². The SMILES string of the molecule is O=C1/C(=C/c2ccc([N+](=O)[O-])cc2)Nc2cccc([N+](=O)[O-])c21. The standard InChI is InChI=1S/C15H9N3O5/c19-15-12(8-9-4-6-10(7-5-9)17(20)21)16-11-2-1-3-13(14(11)15)18(22)23/h1-8,16H/b12-8-. The van der Waals surface area contributed by atoms with Gasteiger partial charge in [-0.15, -0.1) is 0 Å². The van der Waals surface area contributed by atoms with E-state index in [0.717, 1.165) is 0 Å². The van der Waals surface area contributed by atoms with Gasteiger partial charge >= 0.3 is 0 Å². The molecular formula is C15H9N3O5. The van der Waals surface area contributed by atoms with Crippen molar-refractivity contribution in [1.29, 1.82) is 0 Å². The van der Waals surface area contributed by atoms with Crippen molar-refractivity contribution in [3.8, 4) is 0 Å². The van der Waals surface area contributed by atoms with E-state index in [1.54, 1.807) is 6.07 Å². The molecule has 114 valence electrons. The molecule has 1 N–H and O–H groups in total. The average molecular weight is 311 g/mol. The molecule has 2 aromatic carbocycles. The van der Waals surface area contributed by atoms with E-state index < -0.39 is 15.6 Å². The second kappa shape index (κ2) is 5.34. The third kappa shape index (κ3) is 2.53. The number of anilines is 1. The highest BCUT2D eigenvalue weighted by atomic mass is 16.6. The predicted octanol–water partition coefficient (Wildman–Crippen LogP) is 3.15. The molecule has 0 unspecified atom stereocenters. The highest BCUT2D eigenvalue weighted by Gasteiger charge is 2.32. The van der Waals surface area contributed by atoms with Crippen LogP contribution in [0.5, 0.6) is 0 Å². The maximum absolute atomic E-state index is 12.4. The normalized spacial score (nSPS) is 14.4. The lowest BCUT2D eigenvalue weighted by Gasteiger charge is -1.99. The van der Waals surface area contributed by atoms with Crippen LogP contribution >= 0.6 is 0 Å². The monoisotopic (exact) mass is 311 g/mol. The number of hydrogen-bond donors (Lipinski definition) is 1. The molecule has 23 heavy (non-hydrogen) atoms. The molecular weight excluding hydrogens is 302 g/mol. The minimum absolute atomic E-state index is 0.0191. The Morgan fingerprint density at radius 1 is 0.957 bits per heavy atom. The van der Waals surface area contributed by atoms with E-state index in [1.165, 1.54) is 42.5 Å². The van der Waals surface area contributed by atoms with Crippen LogP contribution in [0.2, 0.25) is 0 Å². The summed E-state index contributed by atoms with van der Waals surface area (Å²) in [6.45, 7) is 0. The summed E-state index contributed by atoms with van der Waals surface area (Å²) in [5, 5.41) is 24.5. The molecule has 2 aromatic rings. The first-order valence-electron chi connectivity index (χ1n) is 6.52. The third-order valence-electron chi connectivity index (χ3n) is 3.40. The number of Topliss-reactive ketones (excluding diaryl/α,β-unsaturated/α-hetero) is 1. The molecule has 3 rings (SSSR count). The number of carbonyl (C=O) groups is 1.